The number of carbonyl (C=O) groups is 2. The molecule has 140 valence electrons. The van der Waals surface area contributed by atoms with Crippen molar-refractivity contribution in [2.24, 2.45) is 5.92 Å². The van der Waals surface area contributed by atoms with Crippen molar-refractivity contribution in [1.29, 1.82) is 0 Å². The molecule has 0 spiro atoms. The van der Waals surface area contributed by atoms with Crippen molar-refractivity contribution in [3.8, 4) is 12.3 Å². The lowest BCUT2D eigenvalue weighted by molar-refractivity contribution is -0.129. The molecule has 0 saturated carbocycles. The number of nitrogens with zero attached hydrogens (tertiary/aromatic N) is 1. The zero-order valence-electron chi connectivity index (χ0n) is 14.1. The number of benzene rings is 1. The standard InChI is InChI=1S/C17H20FN3O4S/c1-2-9-19-16(22)12-20-17(23)13-7-10-21(11-8-13)26(24,25)15-5-3-14(18)4-6-15/h1,3-6,13H,7-12H2,(H,19,22)(H,20,23). The van der Waals surface area contributed by atoms with Crippen LogP contribution in [0.3, 0.4) is 0 Å². The maximum Gasteiger partial charge on any atom is 0.243 e. The summed E-state index contributed by atoms with van der Waals surface area (Å²) in [6.07, 6.45) is 5.71. The lowest BCUT2D eigenvalue weighted by atomic mass is 9.97. The fraction of sp³-hybridized carbons (Fsp3) is 0.412. The van der Waals surface area contributed by atoms with E-state index in [4.69, 9.17) is 6.42 Å². The van der Waals surface area contributed by atoms with E-state index < -0.39 is 15.8 Å². The molecule has 0 radical (unpaired) electrons. The van der Waals surface area contributed by atoms with Crippen molar-refractivity contribution < 1.29 is 22.4 Å². The van der Waals surface area contributed by atoms with Crippen LogP contribution in [-0.2, 0) is 19.6 Å². The van der Waals surface area contributed by atoms with Crippen LogP contribution in [0.4, 0.5) is 4.39 Å². The van der Waals surface area contributed by atoms with Crippen LogP contribution in [0.2, 0.25) is 0 Å². The molecule has 1 aromatic carbocycles. The van der Waals surface area contributed by atoms with Crippen LogP contribution in [0.15, 0.2) is 29.2 Å². The molecule has 0 aromatic heterocycles. The number of halogens is 1. The molecule has 1 aromatic rings. The van der Waals surface area contributed by atoms with Crippen LogP contribution in [-0.4, -0.2) is 50.7 Å². The molecule has 26 heavy (non-hydrogen) atoms. The summed E-state index contributed by atoms with van der Waals surface area (Å²) < 4.78 is 39.3. The van der Waals surface area contributed by atoms with E-state index in [0.29, 0.717) is 12.8 Å². The molecule has 0 atom stereocenters. The van der Waals surface area contributed by atoms with Gasteiger partial charge in [-0.2, -0.15) is 4.31 Å². The summed E-state index contributed by atoms with van der Waals surface area (Å²) in [7, 11) is -3.71. The van der Waals surface area contributed by atoms with Gasteiger partial charge in [0.2, 0.25) is 21.8 Å². The van der Waals surface area contributed by atoms with E-state index in [9.17, 15) is 22.4 Å². The summed E-state index contributed by atoms with van der Waals surface area (Å²) in [6, 6.07) is 4.63. The number of piperidine rings is 1. The summed E-state index contributed by atoms with van der Waals surface area (Å²) in [6.45, 7) is 0.283. The molecule has 1 heterocycles. The van der Waals surface area contributed by atoms with Crippen LogP contribution in [0.5, 0.6) is 0 Å². The van der Waals surface area contributed by atoms with Crippen LogP contribution in [0, 0.1) is 24.1 Å². The van der Waals surface area contributed by atoms with Crippen LogP contribution < -0.4 is 10.6 Å². The smallest absolute Gasteiger partial charge is 0.243 e. The highest BCUT2D eigenvalue weighted by Crippen LogP contribution is 2.24. The Kier molecular flexibility index (Phi) is 6.71. The first kappa shape index (κ1) is 19.9. The zero-order chi connectivity index (χ0) is 19.2. The van der Waals surface area contributed by atoms with Crippen LogP contribution in [0.1, 0.15) is 12.8 Å². The lowest BCUT2D eigenvalue weighted by Gasteiger charge is -2.30. The van der Waals surface area contributed by atoms with Gasteiger partial charge >= 0.3 is 0 Å². The average molecular weight is 381 g/mol. The molecular formula is C17H20FN3O4S. The minimum atomic E-state index is -3.71. The van der Waals surface area contributed by atoms with Gasteiger partial charge in [0.1, 0.15) is 5.82 Å². The maximum absolute atomic E-state index is 13.0. The van der Waals surface area contributed by atoms with Crippen molar-refractivity contribution in [2.45, 2.75) is 17.7 Å². The Morgan fingerprint density at radius 3 is 2.38 bits per heavy atom. The molecule has 2 amide bonds. The van der Waals surface area contributed by atoms with Crippen LogP contribution >= 0.6 is 0 Å². The lowest BCUT2D eigenvalue weighted by Crippen LogP contribution is -2.45. The molecular weight excluding hydrogens is 361 g/mol. The Morgan fingerprint density at radius 1 is 1.19 bits per heavy atom. The summed E-state index contributed by atoms with van der Waals surface area (Å²) in [5.74, 6) is 0.709. The molecule has 0 aliphatic carbocycles. The number of amides is 2. The van der Waals surface area contributed by atoms with Crippen molar-refractivity contribution in [3.05, 3.63) is 30.1 Å². The number of terminal acetylenes is 1. The Hall–Kier alpha value is -2.44. The van der Waals surface area contributed by atoms with Crippen molar-refractivity contribution in [3.63, 3.8) is 0 Å². The Labute approximate surface area is 152 Å². The number of hydrogen-bond acceptors (Lipinski definition) is 4. The minimum absolute atomic E-state index is 0.0204. The third-order valence-electron chi connectivity index (χ3n) is 4.09. The number of rotatable bonds is 6. The summed E-state index contributed by atoms with van der Waals surface area (Å²) >= 11 is 0. The predicted molar refractivity (Wildman–Crippen MR) is 92.7 cm³/mol. The SMILES string of the molecule is C#CCNC(=O)CNC(=O)C1CCN(S(=O)(=O)c2ccc(F)cc2)CC1. The molecule has 2 N–H and O–H groups in total. The van der Waals surface area contributed by atoms with E-state index in [2.05, 4.69) is 16.6 Å². The zero-order valence-corrected chi connectivity index (χ0v) is 14.9. The predicted octanol–water partition coefficient (Wildman–Crippen LogP) is 0.0920. The van der Waals surface area contributed by atoms with Gasteiger partial charge in [-0.05, 0) is 37.1 Å². The summed E-state index contributed by atoms with van der Waals surface area (Å²) in [5.41, 5.74) is 0. The van der Waals surface area contributed by atoms with Gasteiger partial charge in [-0.25, -0.2) is 12.8 Å². The number of nitrogens with one attached hydrogen (secondary N) is 2. The Morgan fingerprint density at radius 2 is 1.81 bits per heavy atom. The van der Waals surface area contributed by atoms with E-state index in [1.807, 2.05) is 0 Å². The second-order valence-electron chi connectivity index (χ2n) is 5.83. The molecule has 7 nitrogen and oxygen atoms in total. The highest BCUT2D eigenvalue weighted by molar-refractivity contribution is 7.89. The topological polar surface area (TPSA) is 95.6 Å². The van der Waals surface area contributed by atoms with Gasteiger partial charge in [0, 0.05) is 19.0 Å². The van der Waals surface area contributed by atoms with Crippen LogP contribution in [0.25, 0.3) is 0 Å². The quantitative estimate of drug-likeness (QED) is 0.683. The molecule has 1 aliphatic heterocycles. The average Bonchev–Trinajstić information content (AvgIpc) is 2.64. The van der Waals surface area contributed by atoms with Gasteiger partial charge in [-0.1, -0.05) is 5.92 Å². The van der Waals surface area contributed by atoms with Gasteiger partial charge < -0.3 is 10.6 Å². The van der Waals surface area contributed by atoms with E-state index in [0.717, 1.165) is 12.1 Å². The van der Waals surface area contributed by atoms with E-state index in [-0.39, 0.29) is 48.8 Å². The summed E-state index contributed by atoms with van der Waals surface area (Å²) in [5, 5.41) is 4.96. The highest BCUT2D eigenvalue weighted by Gasteiger charge is 2.32. The first-order valence-corrected chi connectivity index (χ1v) is 9.52. The highest BCUT2D eigenvalue weighted by atomic mass is 32.2. The molecule has 1 aliphatic rings. The fourth-order valence-corrected chi connectivity index (χ4v) is 4.11. The number of hydrogen-bond donors (Lipinski definition) is 2. The first-order chi connectivity index (χ1) is 12.3. The van der Waals surface area contributed by atoms with Gasteiger partial charge in [0.25, 0.3) is 0 Å². The third kappa shape index (κ3) is 5.03. The minimum Gasteiger partial charge on any atom is -0.347 e. The molecule has 9 heteroatoms. The monoisotopic (exact) mass is 381 g/mol. The Balaban J connectivity index is 1.86. The molecule has 1 saturated heterocycles. The van der Waals surface area contributed by atoms with Crippen molar-refractivity contribution in [1.82, 2.24) is 14.9 Å². The third-order valence-corrected chi connectivity index (χ3v) is 6.00. The normalized spacial score (nSPS) is 15.8. The fourth-order valence-electron chi connectivity index (χ4n) is 2.64. The molecule has 0 bridgehead atoms. The number of carbonyl (C=O) groups excluding carboxylic acids is 2. The van der Waals surface area contributed by atoms with Crippen molar-refractivity contribution in [2.75, 3.05) is 26.2 Å². The van der Waals surface area contributed by atoms with E-state index >= 15 is 0 Å². The second kappa shape index (κ2) is 8.78. The molecule has 0 unspecified atom stereocenters. The maximum atomic E-state index is 13.0. The molecule has 2 rings (SSSR count). The van der Waals surface area contributed by atoms with Crippen molar-refractivity contribution >= 4 is 21.8 Å². The van der Waals surface area contributed by atoms with E-state index in [1.54, 1.807) is 0 Å². The Bertz CT molecular complexity index is 794. The largest absolute Gasteiger partial charge is 0.347 e. The van der Waals surface area contributed by atoms with Gasteiger partial charge in [0.15, 0.2) is 0 Å². The number of sulfonamides is 1. The van der Waals surface area contributed by atoms with Gasteiger partial charge in [-0.15, -0.1) is 6.42 Å². The van der Waals surface area contributed by atoms with E-state index in [1.165, 1.54) is 16.4 Å². The summed E-state index contributed by atoms with van der Waals surface area (Å²) in [4.78, 5) is 23.5. The first-order valence-electron chi connectivity index (χ1n) is 8.08. The second-order valence-corrected chi connectivity index (χ2v) is 7.77. The molecule has 1 fully saturated rings. The van der Waals surface area contributed by atoms with Gasteiger partial charge in [0.05, 0.1) is 18.0 Å². The van der Waals surface area contributed by atoms with Gasteiger partial charge in [-0.3, -0.25) is 9.59 Å².